The Morgan fingerprint density at radius 2 is 1.79 bits per heavy atom. The van der Waals surface area contributed by atoms with Gasteiger partial charge in [-0.15, -0.1) is 0 Å². The SMILES string of the molecule is COc1ccc(OCCOC(=O)c2ccc3c(c2)C[C@H](C)N3S(C)(=O)=O)cc1. The number of carbonyl (C=O) groups is 1. The van der Waals surface area contributed by atoms with E-state index >= 15 is 0 Å². The molecule has 1 aliphatic rings. The number of benzene rings is 2. The van der Waals surface area contributed by atoms with Gasteiger partial charge >= 0.3 is 5.97 Å². The lowest BCUT2D eigenvalue weighted by Crippen LogP contribution is -2.34. The molecule has 0 bridgehead atoms. The first-order chi connectivity index (χ1) is 13.3. The van der Waals surface area contributed by atoms with Crippen molar-refractivity contribution in [3.05, 3.63) is 53.6 Å². The first-order valence-corrected chi connectivity index (χ1v) is 10.7. The van der Waals surface area contributed by atoms with E-state index in [-0.39, 0.29) is 19.3 Å². The zero-order valence-corrected chi connectivity index (χ0v) is 16.9. The molecule has 1 heterocycles. The van der Waals surface area contributed by atoms with Gasteiger partial charge in [-0.05, 0) is 61.4 Å². The van der Waals surface area contributed by atoms with Crippen molar-refractivity contribution in [1.82, 2.24) is 0 Å². The van der Waals surface area contributed by atoms with Crippen LogP contribution in [0.5, 0.6) is 11.5 Å². The Morgan fingerprint density at radius 3 is 2.43 bits per heavy atom. The Hall–Kier alpha value is -2.74. The number of ether oxygens (including phenoxy) is 3. The lowest BCUT2D eigenvalue weighted by Gasteiger charge is -2.21. The van der Waals surface area contributed by atoms with Crippen LogP contribution in [0.4, 0.5) is 5.69 Å². The summed E-state index contributed by atoms with van der Waals surface area (Å²) in [5.74, 6) is 0.926. The van der Waals surface area contributed by atoms with E-state index in [1.54, 1.807) is 49.6 Å². The number of esters is 1. The molecule has 0 unspecified atom stereocenters. The fourth-order valence-electron chi connectivity index (χ4n) is 3.28. The van der Waals surface area contributed by atoms with Crippen LogP contribution in [0.2, 0.25) is 0 Å². The number of carbonyl (C=O) groups excluding carboxylic acids is 1. The van der Waals surface area contributed by atoms with Crippen LogP contribution >= 0.6 is 0 Å². The zero-order valence-electron chi connectivity index (χ0n) is 16.0. The molecule has 0 fully saturated rings. The van der Waals surface area contributed by atoms with Gasteiger partial charge in [-0.1, -0.05) is 0 Å². The minimum Gasteiger partial charge on any atom is -0.497 e. The molecule has 150 valence electrons. The lowest BCUT2D eigenvalue weighted by atomic mass is 10.1. The summed E-state index contributed by atoms with van der Waals surface area (Å²) in [6, 6.07) is 11.9. The molecule has 3 rings (SSSR count). The second kappa shape index (κ2) is 8.10. The minimum atomic E-state index is -3.35. The van der Waals surface area contributed by atoms with Crippen LogP contribution in [0.15, 0.2) is 42.5 Å². The van der Waals surface area contributed by atoms with Gasteiger partial charge in [0.1, 0.15) is 24.7 Å². The number of sulfonamides is 1. The van der Waals surface area contributed by atoms with E-state index < -0.39 is 16.0 Å². The van der Waals surface area contributed by atoms with Crippen molar-refractivity contribution in [2.45, 2.75) is 19.4 Å². The van der Waals surface area contributed by atoms with Gasteiger partial charge < -0.3 is 14.2 Å². The average molecular weight is 405 g/mol. The molecular weight excluding hydrogens is 382 g/mol. The Balaban J connectivity index is 1.56. The number of fused-ring (bicyclic) bond motifs is 1. The van der Waals surface area contributed by atoms with Crippen molar-refractivity contribution in [2.75, 3.05) is 30.9 Å². The van der Waals surface area contributed by atoms with E-state index in [2.05, 4.69) is 0 Å². The summed E-state index contributed by atoms with van der Waals surface area (Å²) >= 11 is 0. The van der Waals surface area contributed by atoms with Crippen molar-refractivity contribution in [3.8, 4) is 11.5 Å². The largest absolute Gasteiger partial charge is 0.497 e. The molecule has 0 amide bonds. The molecule has 0 N–H and O–H groups in total. The van der Waals surface area contributed by atoms with Crippen LogP contribution in [0.1, 0.15) is 22.8 Å². The molecule has 0 saturated heterocycles. The fourth-order valence-corrected chi connectivity index (χ4v) is 4.55. The van der Waals surface area contributed by atoms with Crippen LogP contribution < -0.4 is 13.8 Å². The van der Waals surface area contributed by atoms with Gasteiger partial charge in [-0.3, -0.25) is 4.31 Å². The summed E-state index contributed by atoms with van der Waals surface area (Å²) < 4.78 is 41.2. The maximum Gasteiger partial charge on any atom is 0.338 e. The Labute approximate surface area is 164 Å². The molecule has 1 aliphatic heterocycles. The third kappa shape index (κ3) is 4.39. The highest BCUT2D eigenvalue weighted by Crippen LogP contribution is 2.34. The van der Waals surface area contributed by atoms with Gasteiger partial charge in [0.25, 0.3) is 0 Å². The summed E-state index contributed by atoms with van der Waals surface area (Å²) in [5, 5.41) is 0. The molecule has 2 aromatic carbocycles. The van der Waals surface area contributed by atoms with E-state index in [9.17, 15) is 13.2 Å². The molecule has 0 aliphatic carbocycles. The van der Waals surface area contributed by atoms with Gasteiger partial charge in [-0.2, -0.15) is 0 Å². The third-order valence-electron chi connectivity index (χ3n) is 4.47. The van der Waals surface area contributed by atoms with Crippen LogP contribution in [0.25, 0.3) is 0 Å². The summed E-state index contributed by atoms with van der Waals surface area (Å²) in [5.41, 5.74) is 1.84. The maximum atomic E-state index is 12.3. The molecule has 7 nitrogen and oxygen atoms in total. The van der Waals surface area contributed by atoms with Gasteiger partial charge in [0, 0.05) is 6.04 Å². The van der Waals surface area contributed by atoms with Crippen LogP contribution in [-0.2, 0) is 21.2 Å². The molecule has 2 aromatic rings. The first-order valence-electron chi connectivity index (χ1n) is 8.86. The summed E-state index contributed by atoms with van der Waals surface area (Å²) in [7, 11) is -1.76. The smallest absolute Gasteiger partial charge is 0.338 e. The Bertz CT molecular complexity index is 955. The van der Waals surface area contributed by atoms with Gasteiger partial charge in [0.05, 0.1) is 24.6 Å². The van der Waals surface area contributed by atoms with Crippen molar-refractivity contribution in [3.63, 3.8) is 0 Å². The summed E-state index contributed by atoms with van der Waals surface area (Å²) in [4.78, 5) is 12.3. The van der Waals surface area contributed by atoms with Gasteiger partial charge in [0.15, 0.2) is 0 Å². The summed E-state index contributed by atoms with van der Waals surface area (Å²) in [6.45, 7) is 2.17. The van der Waals surface area contributed by atoms with Gasteiger partial charge in [-0.25, -0.2) is 13.2 Å². The van der Waals surface area contributed by atoms with Crippen LogP contribution in [0.3, 0.4) is 0 Å². The van der Waals surface area contributed by atoms with Crippen molar-refractivity contribution in [1.29, 1.82) is 0 Å². The predicted molar refractivity (Wildman–Crippen MR) is 106 cm³/mol. The quantitative estimate of drug-likeness (QED) is 0.520. The van der Waals surface area contributed by atoms with Gasteiger partial charge in [0.2, 0.25) is 10.0 Å². The molecule has 0 radical (unpaired) electrons. The molecule has 28 heavy (non-hydrogen) atoms. The molecule has 8 heteroatoms. The normalized spacial score (nSPS) is 15.8. The van der Waals surface area contributed by atoms with E-state index in [1.807, 2.05) is 6.92 Å². The highest BCUT2D eigenvalue weighted by Gasteiger charge is 2.32. The highest BCUT2D eigenvalue weighted by atomic mass is 32.2. The maximum absolute atomic E-state index is 12.3. The first kappa shape index (κ1) is 20.0. The van der Waals surface area contributed by atoms with E-state index in [1.165, 1.54) is 10.6 Å². The number of anilines is 1. The third-order valence-corrected chi connectivity index (χ3v) is 5.74. The Kier molecular flexibility index (Phi) is 5.79. The molecular formula is C20H23NO6S. The number of hydrogen-bond acceptors (Lipinski definition) is 6. The van der Waals surface area contributed by atoms with Crippen LogP contribution in [-0.4, -0.2) is 47.0 Å². The number of rotatable bonds is 7. The summed E-state index contributed by atoms with van der Waals surface area (Å²) in [6.07, 6.45) is 1.74. The highest BCUT2D eigenvalue weighted by molar-refractivity contribution is 7.92. The number of nitrogens with zero attached hydrogens (tertiary/aromatic N) is 1. The molecule has 0 spiro atoms. The number of hydrogen-bond donors (Lipinski definition) is 0. The monoisotopic (exact) mass is 405 g/mol. The van der Waals surface area contributed by atoms with Crippen LogP contribution in [0, 0.1) is 0 Å². The second-order valence-corrected chi connectivity index (χ2v) is 8.47. The van der Waals surface area contributed by atoms with E-state index in [0.717, 1.165) is 11.3 Å². The zero-order chi connectivity index (χ0) is 20.3. The predicted octanol–water partition coefficient (Wildman–Crippen LogP) is 2.64. The standard InChI is InChI=1S/C20H23NO6S/c1-14-12-16-13-15(4-9-19(16)21(14)28(3,23)24)20(22)27-11-10-26-18-7-5-17(25-2)6-8-18/h4-9,13-14H,10-12H2,1-3H3/t14-/m0/s1. The average Bonchev–Trinajstić information content (AvgIpc) is 3.00. The molecule has 0 saturated carbocycles. The Morgan fingerprint density at radius 1 is 1.11 bits per heavy atom. The second-order valence-electron chi connectivity index (χ2n) is 6.62. The minimum absolute atomic E-state index is 0.105. The number of methoxy groups -OCH3 is 1. The molecule has 0 aromatic heterocycles. The van der Waals surface area contributed by atoms with Crippen molar-refractivity contribution < 1.29 is 27.4 Å². The molecule has 1 atom stereocenters. The van der Waals surface area contributed by atoms with Crippen molar-refractivity contribution in [2.24, 2.45) is 0 Å². The van der Waals surface area contributed by atoms with E-state index in [0.29, 0.717) is 23.4 Å². The topological polar surface area (TPSA) is 82.1 Å². The van der Waals surface area contributed by atoms with E-state index in [4.69, 9.17) is 14.2 Å². The fraction of sp³-hybridized carbons (Fsp3) is 0.350. The van der Waals surface area contributed by atoms with Crippen molar-refractivity contribution >= 4 is 21.7 Å². The lowest BCUT2D eigenvalue weighted by molar-refractivity contribution is 0.0450.